The lowest BCUT2D eigenvalue weighted by Gasteiger charge is -2.10. The average Bonchev–Trinajstić information content (AvgIpc) is 3.30. The highest BCUT2D eigenvalue weighted by Crippen LogP contribution is 2.33. The Balaban J connectivity index is 1.56. The summed E-state index contributed by atoms with van der Waals surface area (Å²) < 4.78 is 43.6. The Kier molecular flexibility index (Phi) is 6.23. The number of hydrogen-bond donors (Lipinski definition) is 2. The third-order valence-electron chi connectivity index (χ3n) is 4.95. The molecule has 0 unspecified atom stereocenters. The number of rotatable bonds is 8. The molecule has 1 aliphatic rings. The number of hydrogen-bond acceptors (Lipinski definition) is 9. The highest BCUT2D eigenvalue weighted by atomic mass is 32.2. The summed E-state index contributed by atoms with van der Waals surface area (Å²) in [5.74, 6) is 1.77. The van der Waals surface area contributed by atoms with Gasteiger partial charge in [0.1, 0.15) is 11.4 Å². The van der Waals surface area contributed by atoms with Crippen LogP contribution < -0.4 is 24.4 Å². The van der Waals surface area contributed by atoms with E-state index in [1.807, 2.05) is 0 Å². The fourth-order valence-corrected chi connectivity index (χ4v) is 4.21. The molecule has 0 amide bonds. The summed E-state index contributed by atoms with van der Waals surface area (Å²) in [6.07, 6.45) is 0. The molecule has 2 N–H and O–H groups in total. The Morgan fingerprint density at radius 3 is 2.50 bits per heavy atom. The minimum Gasteiger partial charge on any atom is -0.497 e. The lowest BCUT2D eigenvalue weighted by atomic mass is 10.1. The Labute approximate surface area is 195 Å². The summed E-state index contributed by atoms with van der Waals surface area (Å²) in [5.41, 5.74) is 3.78. The summed E-state index contributed by atoms with van der Waals surface area (Å²) in [6, 6.07) is 15.0. The molecule has 3 aromatic rings. The van der Waals surface area contributed by atoms with Crippen molar-refractivity contribution in [3.8, 4) is 17.2 Å². The van der Waals surface area contributed by atoms with Gasteiger partial charge in [0.2, 0.25) is 6.79 Å². The monoisotopic (exact) mass is 484 g/mol. The minimum atomic E-state index is -4.07. The third kappa shape index (κ3) is 4.86. The van der Waals surface area contributed by atoms with Gasteiger partial charge >= 0.3 is 0 Å². The zero-order valence-corrected chi connectivity index (χ0v) is 19.0. The Morgan fingerprint density at radius 1 is 1.06 bits per heavy atom. The van der Waals surface area contributed by atoms with Crippen LogP contribution in [-0.4, -0.2) is 33.0 Å². The van der Waals surface area contributed by atoms with Crippen LogP contribution in [0.2, 0.25) is 0 Å². The molecule has 1 heterocycles. The number of benzene rings is 3. The molecule has 1 aliphatic heterocycles. The number of fused-ring (bicyclic) bond motifs is 1. The quantitative estimate of drug-likeness (QED) is 0.278. The molecule has 0 spiro atoms. The van der Waals surface area contributed by atoms with Gasteiger partial charge in [0, 0.05) is 17.3 Å². The molecule has 3 aromatic carbocycles. The molecule has 0 fully saturated rings. The maximum Gasteiger partial charge on any atom is 0.295 e. The predicted octanol–water partition coefficient (Wildman–Crippen LogP) is 3.97. The van der Waals surface area contributed by atoms with Gasteiger partial charge in [-0.3, -0.25) is 20.3 Å². The van der Waals surface area contributed by atoms with Crippen LogP contribution in [0.25, 0.3) is 0 Å². The van der Waals surface area contributed by atoms with E-state index in [4.69, 9.17) is 14.2 Å². The largest absolute Gasteiger partial charge is 0.497 e. The molecule has 0 aliphatic carbocycles. The number of nitrogens with one attached hydrogen (secondary N) is 2. The lowest BCUT2D eigenvalue weighted by Crippen LogP contribution is -2.13. The fraction of sp³-hybridized carbons (Fsp3) is 0.136. The van der Waals surface area contributed by atoms with Gasteiger partial charge < -0.3 is 14.2 Å². The molecule has 0 atom stereocenters. The number of sulfonamides is 1. The van der Waals surface area contributed by atoms with Gasteiger partial charge in [-0.1, -0.05) is 0 Å². The van der Waals surface area contributed by atoms with E-state index in [1.54, 1.807) is 37.3 Å². The van der Waals surface area contributed by atoms with Crippen LogP contribution in [0, 0.1) is 10.1 Å². The van der Waals surface area contributed by atoms with E-state index >= 15 is 0 Å². The Bertz CT molecular complexity index is 1370. The molecule has 34 heavy (non-hydrogen) atoms. The first-order valence-electron chi connectivity index (χ1n) is 9.92. The van der Waals surface area contributed by atoms with Gasteiger partial charge in [-0.05, 0) is 61.5 Å². The van der Waals surface area contributed by atoms with E-state index in [0.29, 0.717) is 23.0 Å². The third-order valence-corrected chi connectivity index (χ3v) is 6.33. The van der Waals surface area contributed by atoms with Crippen LogP contribution in [-0.2, 0) is 10.0 Å². The smallest absolute Gasteiger partial charge is 0.295 e. The van der Waals surface area contributed by atoms with Gasteiger partial charge in [-0.25, -0.2) is 8.42 Å². The van der Waals surface area contributed by atoms with Crippen molar-refractivity contribution in [3.05, 3.63) is 76.3 Å². The number of methoxy groups -OCH3 is 1. The van der Waals surface area contributed by atoms with Crippen LogP contribution in [0.15, 0.2) is 70.7 Å². The molecule has 0 aromatic heterocycles. The number of anilines is 2. The summed E-state index contributed by atoms with van der Waals surface area (Å²) in [4.78, 5) is 10.7. The van der Waals surface area contributed by atoms with Crippen LogP contribution >= 0.6 is 0 Å². The zero-order chi connectivity index (χ0) is 24.3. The standard InChI is InChI=1S/C22H20N4O7S/c1-14(15-3-10-21-22(11-15)33-13-32-21)23-24-19-9-8-18(12-20(19)26(27)28)34(29,30)25-16-4-6-17(31-2)7-5-16/h3-12,24-25H,13H2,1-2H3/b23-14+. The number of nitro benzene ring substituents is 1. The Morgan fingerprint density at radius 2 is 1.79 bits per heavy atom. The molecular weight excluding hydrogens is 464 g/mol. The van der Waals surface area contributed by atoms with Crippen LogP contribution in [0.4, 0.5) is 17.1 Å². The van der Waals surface area contributed by atoms with Crippen LogP contribution in [0.1, 0.15) is 12.5 Å². The van der Waals surface area contributed by atoms with E-state index in [9.17, 15) is 18.5 Å². The molecule has 176 valence electrons. The van der Waals surface area contributed by atoms with Crippen molar-refractivity contribution in [2.75, 3.05) is 24.1 Å². The van der Waals surface area contributed by atoms with Crippen molar-refractivity contribution in [1.29, 1.82) is 0 Å². The molecule has 12 heteroatoms. The minimum absolute atomic E-state index is 0.0356. The van der Waals surface area contributed by atoms with E-state index in [-0.39, 0.29) is 23.1 Å². The van der Waals surface area contributed by atoms with Crippen molar-refractivity contribution in [2.45, 2.75) is 11.8 Å². The van der Waals surface area contributed by atoms with Crippen molar-refractivity contribution >= 4 is 32.8 Å². The Hall–Kier alpha value is -4.32. The molecule has 11 nitrogen and oxygen atoms in total. The molecule has 4 rings (SSSR count). The first-order valence-corrected chi connectivity index (χ1v) is 11.4. The van der Waals surface area contributed by atoms with Gasteiger partial charge in [-0.2, -0.15) is 5.10 Å². The maximum absolute atomic E-state index is 12.8. The molecule has 0 saturated heterocycles. The summed E-state index contributed by atoms with van der Waals surface area (Å²) in [7, 11) is -2.58. The van der Waals surface area contributed by atoms with Crippen molar-refractivity contribution < 1.29 is 27.6 Å². The van der Waals surface area contributed by atoms with Crippen molar-refractivity contribution in [3.63, 3.8) is 0 Å². The first-order chi connectivity index (χ1) is 16.3. The highest BCUT2D eigenvalue weighted by Gasteiger charge is 2.22. The molecule has 0 radical (unpaired) electrons. The highest BCUT2D eigenvalue weighted by molar-refractivity contribution is 7.92. The number of hydrazone groups is 1. The van der Waals surface area contributed by atoms with Gasteiger partial charge in [0.15, 0.2) is 11.5 Å². The first kappa shape index (κ1) is 22.9. The predicted molar refractivity (Wildman–Crippen MR) is 125 cm³/mol. The van der Waals surface area contributed by atoms with E-state index < -0.39 is 20.6 Å². The fourth-order valence-electron chi connectivity index (χ4n) is 3.13. The van der Waals surface area contributed by atoms with Crippen LogP contribution in [0.5, 0.6) is 17.2 Å². The summed E-state index contributed by atoms with van der Waals surface area (Å²) >= 11 is 0. The molecular formula is C22H20N4O7S. The maximum atomic E-state index is 12.8. The van der Waals surface area contributed by atoms with Crippen molar-refractivity contribution in [2.24, 2.45) is 5.10 Å². The zero-order valence-electron chi connectivity index (χ0n) is 18.1. The van der Waals surface area contributed by atoms with Crippen molar-refractivity contribution in [1.82, 2.24) is 0 Å². The normalized spacial score (nSPS) is 12.8. The second-order valence-corrected chi connectivity index (χ2v) is 8.83. The number of nitrogens with zero attached hydrogens (tertiary/aromatic N) is 2. The SMILES string of the molecule is COc1ccc(NS(=O)(=O)c2ccc(N/N=C(\C)c3ccc4c(c3)OCO4)c([N+](=O)[O-])c2)cc1. The molecule has 0 saturated carbocycles. The molecule has 0 bridgehead atoms. The second kappa shape index (κ2) is 9.27. The number of ether oxygens (including phenoxy) is 3. The summed E-state index contributed by atoms with van der Waals surface area (Å²) in [5, 5.41) is 15.8. The van der Waals surface area contributed by atoms with E-state index in [2.05, 4.69) is 15.2 Å². The topological polar surface area (TPSA) is 141 Å². The van der Waals surface area contributed by atoms with E-state index in [0.717, 1.165) is 11.6 Å². The van der Waals surface area contributed by atoms with Gasteiger partial charge in [-0.15, -0.1) is 0 Å². The number of nitro groups is 1. The average molecular weight is 484 g/mol. The van der Waals surface area contributed by atoms with Gasteiger partial charge in [0.25, 0.3) is 15.7 Å². The van der Waals surface area contributed by atoms with E-state index in [1.165, 1.54) is 31.4 Å². The van der Waals surface area contributed by atoms with Crippen LogP contribution in [0.3, 0.4) is 0 Å². The summed E-state index contributed by atoms with van der Waals surface area (Å²) in [6.45, 7) is 1.86. The van der Waals surface area contributed by atoms with Gasteiger partial charge in [0.05, 0.1) is 22.6 Å². The lowest BCUT2D eigenvalue weighted by molar-refractivity contribution is -0.384. The second-order valence-electron chi connectivity index (χ2n) is 7.15.